The summed E-state index contributed by atoms with van der Waals surface area (Å²) in [6, 6.07) is 1.37. The minimum Gasteiger partial charge on any atom is -0.495 e. The van der Waals surface area contributed by atoms with E-state index in [0.29, 0.717) is 31.9 Å². The van der Waals surface area contributed by atoms with Crippen molar-refractivity contribution in [2.24, 2.45) is 0 Å². The Morgan fingerprint density at radius 2 is 1.80 bits per heavy atom. The first-order valence-electron chi connectivity index (χ1n) is 13.8. The van der Waals surface area contributed by atoms with Gasteiger partial charge in [0.25, 0.3) is 5.91 Å². The van der Waals surface area contributed by atoms with E-state index in [1.807, 2.05) is 7.05 Å². The highest BCUT2D eigenvalue weighted by Crippen LogP contribution is 2.38. The van der Waals surface area contributed by atoms with Crippen LogP contribution in [-0.4, -0.2) is 92.2 Å². The number of sulfonamides is 1. The second-order valence-corrected chi connectivity index (χ2v) is 12.9. The molecule has 2 aliphatic rings. The lowest BCUT2D eigenvalue weighted by Gasteiger charge is -2.36. The standard InChI is InChI=1S/C27H36F4N6O5S.CH4/c1-36-11-9-16(10-12-36)33-24(38)17-13-23(41-3)20(14-19(17)28)34-26-32-15-18(27(29,30)31)25(35-26)42-22-8-6-5-7-21(22)37(2)43(4,39)40;/h13-16,21-22H,5-12H2,1-4H3,(H,33,38)(H,32,34,35);1H4/t21-,22-;/m1./s1. The predicted molar refractivity (Wildman–Crippen MR) is 157 cm³/mol. The smallest absolute Gasteiger partial charge is 0.423 e. The van der Waals surface area contributed by atoms with E-state index in [0.717, 1.165) is 42.6 Å². The maximum absolute atomic E-state index is 15.1. The molecule has 1 saturated carbocycles. The molecule has 2 aromatic rings. The third-order valence-electron chi connectivity index (χ3n) is 7.81. The second-order valence-electron chi connectivity index (χ2n) is 10.9. The van der Waals surface area contributed by atoms with Crippen molar-refractivity contribution < 1.29 is 40.2 Å². The fourth-order valence-electron chi connectivity index (χ4n) is 5.26. The van der Waals surface area contributed by atoms with Crippen LogP contribution in [0.1, 0.15) is 61.9 Å². The first kappa shape index (κ1) is 35.2. The summed E-state index contributed by atoms with van der Waals surface area (Å²) in [6.07, 6.45) is -0.730. The Hall–Kier alpha value is -3.24. The number of likely N-dealkylation sites (tertiary alicyclic amines) is 1. The van der Waals surface area contributed by atoms with Gasteiger partial charge >= 0.3 is 6.18 Å². The van der Waals surface area contributed by atoms with Crippen LogP contribution in [-0.2, 0) is 16.2 Å². The van der Waals surface area contributed by atoms with Crippen LogP contribution in [0.25, 0.3) is 0 Å². The van der Waals surface area contributed by atoms with E-state index in [-0.39, 0.29) is 36.4 Å². The number of carbonyl (C=O) groups is 1. The normalized spacial score (nSPS) is 20.1. The number of hydrogen-bond donors (Lipinski definition) is 2. The van der Waals surface area contributed by atoms with E-state index in [1.165, 1.54) is 20.2 Å². The number of nitrogens with zero attached hydrogens (tertiary/aromatic N) is 4. The van der Waals surface area contributed by atoms with Gasteiger partial charge in [-0.3, -0.25) is 4.79 Å². The molecule has 0 bridgehead atoms. The van der Waals surface area contributed by atoms with Crippen molar-refractivity contribution >= 4 is 27.6 Å². The molecular formula is C28H40F4N6O5S. The molecule has 1 aromatic heterocycles. The first-order chi connectivity index (χ1) is 20.2. The average molecular weight is 649 g/mol. The number of methoxy groups -OCH3 is 1. The van der Waals surface area contributed by atoms with Crippen molar-refractivity contribution in [1.82, 2.24) is 24.5 Å². The zero-order chi connectivity index (χ0) is 31.5. The number of benzene rings is 1. The van der Waals surface area contributed by atoms with Crippen LogP contribution in [0.3, 0.4) is 0 Å². The lowest BCUT2D eigenvalue weighted by atomic mass is 9.92. The number of alkyl halides is 3. The molecule has 246 valence electrons. The maximum Gasteiger partial charge on any atom is 0.423 e. The van der Waals surface area contributed by atoms with Crippen LogP contribution in [0.4, 0.5) is 29.2 Å². The third kappa shape index (κ3) is 8.47. The zero-order valence-corrected chi connectivity index (χ0v) is 25.2. The van der Waals surface area contributed by atoms with Gasteiger partial charge < -0.3 is 25.0 Å². The molecule has 1 saturated heterocycles. The van der Waals surface area contributed by atoms with Gasteiger partial charge in [0.05, 0.1) is 30.7 Å². The molecule has 0 spiro atoms. The SMILES string of the molecule is C.COc1cc(C(=O)NC2CCN(C)CC2)c(F)cc1Nc1ncc(C(F)(F)F)c(O[C@@H]2CCCC[C@H]2N(C)S(C)(=O)=O)n1. The topological polar surface area (TPSA) is 126 Å². The molecule has 2 N–H and O–H groups in total. The van der Waals surface area contributed by atoms with Gasteiger partial charge in [0.2, 0.25) is 21.9 Å². The highest BCUT2D eigenvalue weighted by molar-refractivity contribution is 7.88. The van der Waals surface area contributed by atoms with E-state index in [9.17, 15) is 26.4 Å². The van der Waals surface area contributed by atoms with Crippen molar-refractivity contribution in [3.63, 3.8) is 0 Å². The molecule has 2 heterocycles. The Morgan fingerprint density at radius 1 is 1.14 bits per heavy atom. The Bertz CT molecular complexity index is 1420. The molecule has 1 aliphatic heterocycles. The van der Waals surface area contributed by atoms with Gasteiger partial charge in [-0.2, -0.15) is 22.5 Å². The Balaban J connectivity index is 0.00000529. The largest absolute Gasteiger partial charge is 0.495 e. The molecule has 1 amide bonds. The summed E-state index contributed by atoms with van der Waals surface area (Å²) in [5.41, 5.74) is -1.53. The van der Waals surface area contributed by atoms with Crippen molar-refractivity contribution in [3.8, 4) is 11.6 Å². The molecule has 11 nitrogen and oxygen atoms in total. The minimum absolute atomic E-state index is 0. The van der Waals surface area contributed by atoms with E-state index >= 15 is 4.39 Å². The highest BCUT2D eigenvalue weighted by Gasteiger charge is 2.40. The molecule has 4 rings (SSSR count). The molecule has 16 heteroatoms. The molecule has 1 aliphatic carbocycles. The number of piperidine rings is 1. The summed E-state index contributed by atoms with van der Waals surface area (Å²) in [4.78, 5) is 22.6. The van der Waals surface area contributed by atoms with Gasteiger partial charge in [0, 0.05) is 25.4 Å². The number of ether oxygens (including phenoxy) is 2. The van der Waals surface area contributed by atoms with E-state index in [2.05, 4.69) is 25.5 Å². The molecule has 0 radical (unpaired) electrons. The Morgan fingerprint density at radius 3 is 2.41 bits per heavy atom. The predicted octanol–water partition coefficient (Wildman–Crippen LogP) is 4.43. The van der Waals surface area contributed by atoms with Crippen LogP contribution in [0.15, 0.2) is 18.3 Å². The Labute approximate surface area is 255 Å². The summed E-state index contributed by atoms with van der Waals surface area (Å²) < 4.78 is 93.3. The lowest BCUT2D eigenvalue weighted by Crippen LogP contribution is -2.48. The van der Waals surface area contributed by atoms with Crippen molar-refractivity contribution in [1.29, 1.82) is 0 Å². The number of halogens is 4. The van der Waals surface area contributed by atoms with Gasteiger partial charge in [0.15, 0.2) is 0 Å². The van der Waals surface area contributed by atoms with Crippen molar-refractivity contribution in [2.75, 3.05) is 45.9 Å². The monoisotopic (exact) mass is 648 g/mol. The molecule has 44 heavy (non-hydrogen) atoms. The molecule has 1 aromatic carbocycles. The number of amides is 1. The summed E-state index contributed by atoms with van der Waals surface area (Å²) >= 11 is 0. The summed E-state index contributed by atoms with van der Waals surface area (Å²) in [6.45, 7) is 1.60. The van der Waals surface area contributed by atoms with E-state index < -0.39 is 51.5 Å². The number of nitrogens with one attached hydrogen (secondary N) is 2. The van der Waals surface area contributed by atoms with Crippen LogP contribution in [0.2, 0.25) is 0 Å². The minimum atomic E-state index is -4.87. The molecule has 2 fully saturated rings. The fraction of sp³-hybridized carbons (Fsp3) is 0.607. The van der Waals surface area contributed by atoms with Crippen LogP contribution >= 0.6 is 0 Å². The number of carbonyl (C=O) groups excluding carboxylic acids is 1. The number of rotatable bonds is 9. The van der Waals surface area contributed by atoms with Gasteiger partial charge in [-0.15, -0.1) is 0 Å². The third-order valence-corrected chi connectivity index (χ3v) is 9.13. The number of aromatic nitrogens is 2. The molecule has 2 atom stereocenters. The summed E-state index contributed by atoms with van der Waals surface area (Å²) in [5, 5.41) is 5.49. The fourth-order valence-corrected chi connectivity index (χ4v) is 5.99. The summed E-state index contributed by atoms with van der Waals surface area (Å²) in [7, 11) is 0.991. The highest BCUT2D eigenvalue weighted by atomic mass is 32.2. The van der Waals surface area contributed by atoms with Gasteiger partial charge in [-0.25, -0.2) is 17.8 Å². The second kappa shape index (κ2) is 14.2. The van der Waals surface area contributed by atoms with Crippen molar-refractivity contribution in [3.05, 3.63) is 35.3 Å². The van der Waals surface area contributed by atoms with E-state index in [1.54, 1.807) is 0 Å². The number of anilines is 2. The van der Waals surface area contributed by atoms with Gasteiger partial charge in [-0.05, 0) is 58.3 Å². The lowest BCUT2D eigenvalue weighted by molar-refractivity contribution is -0.140. The summed E-state index contributed by atoms with van der Waals surface area (Å²) in [5.74, 6) is -2.61. The van der Waals surface area contributed by atoms with Crippen molar-refractivity contribution in [2.45, 2.75) is 70.3 Å². The Kier molecular flexibility index (Phi) is 11.4. The molecule has 0 unspecified atom stereocenters. The average Bonchev–Trinajstić information content (AvgIpc) is 2.93. The first-order valence-corrected chi connectivity index (χ1v) is 15.7. The van der Waals surface area contributed by atoms with Crippen LogP contribution in [0, 0.1) is 5.82 Å². The quantitative estimate of drug-likeness (QED) is 0.380. The van der Waals surface area contributed by atoms with E-state index in [4.69, 9.17) is 9.47 Å². The molecular weight excluding hydrogens is 608 g/mol. The van der Waals surface area contributed by atoms with Gasteiger partial charge in [-0.1, -0.05) is 13.8 Å². The van der Waals surface area contributed by atoms with Crippen LogP contribution < -0.4 is 20.1 Å². The van der Waals surface area contributed by atoms with Gasteiger partial charge in [0.1, 0.15) is 23.2 Å². The zero-order valence-electron chi connectivity index (χ0n) is 24.4. The maximum atomic E-state index is 15.1. The van der Waals surface area contributed by atoms with Crippen LogP contribution in [0.5, 0.6) is 11.6 Å². The number of likely N-dealkylation sites (N-methyl/N-ethyl adjacent to an activating group) is 1. The number of hydrogen-bond acceptors (Lipinski definition) is 9.